The highest BCUT2D eigenvalue weighted by Crippen LogP contribution is 2.38. The quantitative estimate of drug-likeness (QED) is 0.546. The normalized spacial score (nSPS) is 18.3. The topological polar surface area (TPSA) is 82.6 Å². The van der Waals surface area contributed by atoms with Crippen molar-refractivity contribution in [2.45, 2.75) is 12.8 Å². The number of thiazole rings is 1. The summed E-state index contributed by atoms with van der Waals surface area (Å²) in [5, 5.41) is 19.5. The summed E-state index contributed by atoms with van der Waals surface area (Å²) in [6.45, 7) is 4.47. The van der Waals surface area contributed by atoms with Crippen LogP contribution in [0, 0.1) is 5.41 Å². The first-order valence-corrected chi connectivity index (χ1v) is 10.8. The Bertz CT molecular complexity index is 1140. The summed E-state index contributed by atoms with van der Waals surface area (Å²) in [5.74, 6) is 0.978. The molecule has 5 heterocycles. The van der Waals surface area contributed by atoms with Crippen molar-refractivity contribution in [3.8, 4) is 22.4 Å². The molecule has 4 aromatic rings. The van der Waals surface area contributed by atoms with Gasteiger partial charge in [-0.2, -0.15) is 5.10 Å². The summed E-state index contributed by atoms with van der Waals surface area (Å²) in [6, 6.07) is 8.40. The molecule has 3 aromatic heterocycles. The molecule has 146 valence electrons. The van der Waals surface area contributed by atoms with Crippen molar-refractivity contribution in [3.63, 3.8) is 0 Å². The van der Waals surface area contributed by atoms with Gasteiger partial charge >= 0.3 is 0 Å². The number of rotatable bonds is 3. The van der Waals surface area contributed by atoms with Gasteiger partial charge in [0.25, 0.3) is 0 Å². The molecule has 6 rings (SSSR count). The van der Waals surface area contributed by atoms with Gasteiger partial charge < -0.3 is 10.2 Å². The lowest BCUT2D eigenvalue weighted by molar-refractivity contribution is 0.126. The Morgan fingerprint density at radius 1 is 1.00 bits per heavy atom. The van der Waals surface area contributed by atoms with Crippen LogP contribution in [0.25, 0.3) is 32.6 Å². The molecule has 0 saturated carbocycles. The van der Waals surface area contributed by atoms with E-state index in [0.29, 0.717) is 5.41 Å². The van der Waals surface area contributed by atoms with Gasteiger partial charge in [-0.1, -0.05) is 12.1 Å². The van der Waals surface area contributed by atoms with Crippen LogP contribution in [-0.4, -0.2) is 51.6 Å². The van der Waals surface area contributed by atoms with Crippen molar-refractivity contribution < 1.29 is 0 Å². The number of nitrogens with one attached hydrogen (secondary N) is 2. The van der Waals surface area contributed by atoms with Crippen LogP contribution in [0.15, 0.2) is 42.2 Å². The molecule has 0 aliphatic carbocycles. The van der Waals surface area contributed by atoms with E-state index >= 15 is 0 Å². The van der Waals surface area contributed by atoms with Crippen molar-refractivity contribution in [3.05, 3.63) is 42.2 Å². The summed E-state index contributed by atoms with van der Waals surface area (Å²) < 4.78 is 1.13. The van der Waals surface area contributed by atoms with Crippen LogP contribution in [-0.2, 0) is 0 Å². The second kappa shape index (κ2) is 6.60. The second-order valence-electron chi connectivity index (χ2n) is 8.05. The zero-order chi connectivity index (χ0) is 19.3. The molecule has 1 spiro atoms. The minimum atomic E-state index is 0.540. The van der Waals surface area contributed by atoms with E-state index in [1.54, 1.807) is 11.3 Å². The third-order valence-corrected chi connectivity index (χ3v) is 7.23. The number of H-pyrrole nitrogens is 1. The first-order valence-electron chi connectivity index (χ1n) is 9.97. The summed E-state index contributed by atoms with van der Waals surface area (Å²) in [5.41, 5.74) is 7.49. The molecule has 0 bridgehead atoms. The van der Waals surface area contributed by atoms with E-state index in [-0.39, 0.29) is 0 Å². The van der Waals surface area contributed by atoms with Gasteiger partial charge in [-0.25, -0.2) is 4.98 Å². The molecule has 2 aliphatic rings. The first kappa shape index (κ1) is 17.1. The zero-order valence-corrected chi connectivity index (χ0v) is 16.7. The number of piperidine rings is 1. The van der Waals surface area contributed by atoms with Gasteiger partial charge in [-0.05, 0) is 30.4 Å². The first-order chi connectivity index (χ1) is 14.3. The summed E-state index contributed by atoms with van der Waals surface area (Å²) in [7, 11) is 0. The predicted molar refractivity (Wildman–Crippen MR) is 115 cm³/mol. The molecule has 7 nitrogen and oxygen atoms in total. The maximum atomic E-state index is 4.59. The number of nitrogens with zero attached hydrogens (tertiary/aromatic N) is 5. The maximum Gasteiger partial charge on any atom is 0.151 e. The van der Waals surface area contributed by atoms with Crippen LogP contribution < -0.4 is 10.2 Å². The summed E-state index contributed by atoms with van der Waals surface area (Å²) >= 11 is 1.64. The molecule has 2 saturated heterocycles. The molecule has 2 N–H and O–H groups in total. The Hall–Kier alpha value is -2.84. The van der Waals surface area contributed by atoms with Crippen LogP contribution in [0.5, 0.6) is 0 Å². The standard InChI is InChI=1S/C21H21N7S/c1-2-16(20-19(23-13-29-20)15(1)14-9-24-25-10-14)17-3-4-18(27-26-17)28-7-5-21(6-8-28)11-22-12-21/h1-4,9-10,13,22H,5-8,11-12H2,(H,24,25). The third-order valence-electron chi connectivity index (χ3n) is 6.37. The zero-order valence-electron chi connectivity index (χ0n) is 15.9. The molecule has 2 fully saturated rings. The van der Waals surface area contributed by atoms with Gasteiger partial charge in [-0.15, -0.1) is 21.5 Å². The molecule has 0 atom stereocenters. The SMILES string of the molecule is c1nc2c(-c3cn[nH]c3)ccc(-c3ccc(N4CCC5(CC4)CNC5)nn3)c2s1. The number of benzene rings is 1. The summed E-state index contributed by atoms with van der Waals surface area (Å²) in [4.78, 5) is 6.96. The van der Waals surface area contributed by atoms with Crippen LogP contribution in [0.3, 0.4) is 0 Å². The molecule has 29 heavy (non-hydrogen) atoms. The van der Waals surface area contributed by atoms with Crippen LogP contribution in [0.4, 0.5) is 5.82 Å². The number of hydrogen-bond donors (Lipinski definition) is 2. The Kier molecular flexibility index (Phi) is 3.88. The van der Waals surface area contributed by atoms with Gasteiger partial charge in [0.05, 0.1) is 27.6 Å². The Morgan fingerprint density at radius 2 is 1.86 bits per heavy atom. The summed E-state index contributed by atoms with van der Waals surface area (Å²) in [6.07, 6.45) is 6.19. The minimum absolute atomic E-state index is 0.540. The van der Waals surface area contributed by atoms with Crippen LogP contribution in [0.2, 0.25) is 0 Å². The molecule has 2 aliphatic heterocycles. The second-order valence-corrected chi connectivity index (χ2v) is 8.90. The van der Waals surface area contributed by atoms with Gasteiger partial charge in [0.1, 0.15) is 0 Å². The van der Waals surface area contributed by atoms with E-state index in [9.17, 15) is 0 Å². The van der Waals surface area contributed by atoms with Crippen molar-refractivity contribution in [2.75, 3.05) is 31.1 Å². The highest BCUT2D eigenvalue weighted by molar-refractivity contribution is 7.17. The van der Waals surface area contributed by atoms with E-state index in [1.807, 2.05) is 17.9 Å². The van der Waals surface area contributed by atoms with E-state index in [2.05, 4.69) is 59.9 Å². The fraction of sp³-hybridized carbons (Fsp3) is 0.333. The average molecular weight is 404 g/mol. The van der Waals surface area contributed by atoms with Crippen molar-refractivity contribution in [2.24, 2.45) is 5.41 Å². The maximum absolute atomic E-state index is 4.59. The largest absolute Gasteiger partial charge is 0.355 e. The monoisotopic (exact) mass is 403 g/mol. The number of hydrogen-bond acceptors (Lipinski definition) is 7. The van der Waals surface area contributed by atoms with Crippen molar-refractivity contribution in [1.29, 1.82) is 0 Å². The fourth-order valence-corrected chi connectivity index (χ4v) is 5.30. The molecule has 0 unspecified atom stereocenters. The van der Waals surface area contributed by atoms with E-state index in [0.717, 1.165) is 51.5 Å². The van der Waals surface area contributed by atoms with Gasteiger partial charge in [0, 0.05) is 49.1 Å². The molecular weight excluding hydrogens is 382 g/mol. The van der Waals surface area contributed by atoms with Crippen molar-refractivity contribution >= 4 is 27.4 Å². The highest BCUT2D eigenvalue weighted by Gasteiger charge is 2.39. The van der Waals surface area contributed by atoms with E-state index in [1.165, 1.54) is 25.9 Å². The van der Waals surface area contributed by atoms with E-state index in [4.69, 9.17) is 0 Å². The van der Waals surface area contributed by atoms with Crippen molar-refractivity contribution in [1.82, 2.24) is 30.7 Å². The smallest absolute Gasteiger partial charge is 0.151 e. The molecule has 8 heteroatoms. The number of aromatic nitrogens is 5. The Morgan fingerprint density at radius 3 is 2.55 bits per heavy atom. The number of fused-ring (bicyclic) bond motifs is 1. The van der Waals surface area contributed by atoms with Gasteiger partial charge in [0.15, 0.2) is 5.82 Å². The molecule has 0 amide bonds. The minimum Gasteiger partial charge on any atom is -0.355 e. The fourth-order valence-electron chi connectivity index (χ4n) is 4.46. The lowest BCUT2D eigenvalue weighted by Crippen LogP contribution is -2.58. The molecular formula is C21H21N7S. The predicted octanol–water partition coefficient (Wildman–Crippen LogP) is 3.33. The average Bonchev–Trinajstić information content (AvgIpc) is 3.45. The van der Waals surface area contributed by atoms with Crippen LogP contribution in [0.1, 0.15) is 12.8 Å². The molecule has 1 aromatic carbocycles. The Balaban J connectivity index is 1.29. The Labute approximate surface area is 172 Å². The van der Waals surface area contributed by atoms with Gasteiger partial charge in [0.2, 0.25) is 0 Å². The van der Waals surface area contributed by atoms with E-state index < -0.39 is 0 Å². The number of aromatic amines is 1. The molecule has 0 radical (unpaired) electrons. The lowest BCUT2D eigenvalue weighted by Gasteiger charge is -2.48. The van der Waals surface area contributed by atoms with Crippen LogP contribution >= 0.6 is 11.3 Å². The third kappa shape index (κ3) is 2.82. The number of anilines is 1. The highest BCUT2D eigenvalue weighted by atomic mass is 32.1. The lowest BCUT2D eigenvalue weighted by atomic mass is 9.73. The van der Waals surface area contributed by atoms with Gasteiger partial charge in [-0.3, -0.25) is 5.10 Å².